The largest absolute Gasteiger partial charge is 0.497 e. The third-order valence-electron chi connectivity index (χ3n) is 3.35. The Morgan fingerprint density at radius 1 is 1.20 bits per heavy atom. The molecule has 0 aromatic heterocycles. The van der Waals surface area contributed by atoms with Crippen molar-refractivity contribution in [2.45, 2.75) is 12.5 Å². The molecule has 2 aromatic carbocycles. The monoisotopic (exact) mass is 272 g/mol. The van der Waals surface area contributed by atoms with Crippen LogP contribution in [0.25, 0.3) is 0 Å². The first-order valence-corrected chi connectivity index (χ1v) is 6.31. The molecule has 102 valence electrons. The maximum Gasteiger partial charge on any atom is 0.207 e. The maximum absolute atomic E-state index is 12.9. The van der Waals surface area contributed by atoms with Gasteiger partial charge in [-0.2, -0.15) is 0 Å². The summed E-state index contributed by atoms with van der Waals surface area (Å²) < 4.78 is 23.6. The Morgan fingerprint density at radius 2 is 1.95 bits per heavy atom. The number of fused-ring (bicyclic) bond motifs is 1. The minimum absolute atomic E-state index is 0.0491. The Bertz CT molecular complexity index is 649. The van der Waals surface area contributed by atoms with Gasteiger partial charge in [0.05, 0.1) is 12.7 Å². The van der Waals surface area contributed by atoms with Crippen LogP contribution in [0.15, 0.2) is 42.5 Å². The minimum Gasteiger partial charge on any atom is -0.497 e. The molecule has 0 saturated heterocycles. The van der Waals surface area contributed by atoms with Crippen molar-refractivity contribution in [2.24, 2.45) is 0 Å². The van der Waals surface area contributed by atoms with Crippen LogP contribution in [-0.2, 0) is 6.42 Å². The van der Waals surface area contributed by atoms with Crippen LogP contribution < -0.4 is 9.47 Å². The van der Waals surface area contributed by atoms with Gasteiger partial charge < -0.3 is 9.47 Å². The highest BCUT2D eigenvalue weighted by Gasteiger charge is 2.32. The van der Waals surface area contributed by atoms with Crippen molar-refractivity contribution in [3.8, 4) is 11.5 Å². The van der Waals surface area contributed by atoms with E-state index in [1.165, 1.54) is 12.1 Å². The van der Waals surface area contributed by atoms with Crippen molar-refractivity contribution < 1.29 is 18.7 Å². The maximum atomic E-state index is 12.9. The zero-order chi connectivity index (χ0) is 14.1. The smallest absolute Gasteiger partial charge is 0.207 e. The van der Waals surface area contributed by atoms with E-state index in [0.29, 0.717) is 23.5 Å². The van der Waals surface area contributed by atoms with E-state index in [9.17, 15) is 9.18 Å². The van der Waals surface area contributed by atoms with Gasteiger partial charge in [-0.3, -0.25) is 4.79 Å². The molecule has 0 spiro atoms. The summed E-state index contributed by atoms with van der Waals surface area (Å²) in [6.45, 7) is 0. The number of hydrogen-bond donors (Lipinski definition) is 0. The summed E-state index contributed by atoms with van der Waals surface area (Å²) in [4.78, 5) is 12.2. The number of halogens is 1. The van der Waals surface area contributed by atoms with Crippen LogP contribution in [0.2, 0.25) is 0 Å². The summed E-state index contributed by atoms with van der Waals surface area (Å²) >= 11 is 0. The number of Topliss-reactive ketones (excluding diaryl/α,β-unsaturated/α-hetero) is 1. The summed E-state index contributed by atoms with van der Waals surface area (Å²) in [5.74, 6) is 0.855. The van der Waals surface area contributed by atoms with Crippen LogP contribution in [0.5, 0.6) is 11.5 Å². The van der Waals surface area contributed by atoms with Gasteiger partial charge in [-0.25, -0.2) is 4.39 Å². The Kier molecular flexibility index (Phi) is 3.14. The first-order valence-electron chi connectivity index (χ1n) is 6.31. The predicted molar refractivity (Wildman–Crippen MR) is 71.8 cm³/mol. The first-order chi connectivity index (χ1) is 9.67. The van der Waals surface area contributed by atoms with Crippen LogP contribution >= 0.6 is 0 Å². The summed E-state index contributed by atoms with van der Waals surface area (Å²) in [5, 5.41) is 0. The fourth-order valence-corrected chi connectivity index (χ4v) is 2.28. The van der Waals surface area contributed by atoms with E-state index < -0.39 is 6.10 Å². The molecule has 1 heterocycles. The number of rotatable bonds is 3. The summed E-state index contributed by atoms with van der Waals surface area (Å²) in [5.41, 5.74) is 1.43. The molecule has 3 nitrogen and oxygen atoms in total. The number of carbonyl (C=O) groups is 1. The molecule has 0 bridgehead atoms. The molecule has 0 saturated carbocycles. The van der Waals surface area contributed by atoms with Crippen LogP contribution in [0, 0.1) is 5.82 Å². The quantitative estimate of drug-likeness (QED) is 0.861. The van der Waals surface area contributed by atoms with Gasteiger partial charge >= 0.3 is 0 Å². The van der Waals surface area contributed by atoms with Gasteiger partial charge in [-0.05, 0) is 29.8 Å². The van der Waals surface area contributed by atoms with Crippen LogP contribution in [0.4, 0.5) is 4.39 Å². The second-order valence-electron chi connectivity index (χ2n) is 4.66. The predicted octanol–water partition coefficient (Wildman–Crippen LogP) is 3.02. The number of ether oxygens (including phenoxy) is 2. The lowest BCUT2D eigenvalue weighted by Gasteiger charge is -2.09. The molecule has 1 aliphatic rings. The highest BCUT2D eigenvalue weighted by atomic mass is 19.1. The SMILES string of the molecule is COc1ccc2c(c1)OC(Cc1ccc(F)cc1)C2=O. The second-order valence-corrected chi connectivity index (χ2v) is 4.66. The lowest BCUT2D eigenvalue weighted by atomic mass is 10.0. The number of benzene rings is 2. The van der Waals surface area contributed by atoms with E-state index in [-0.39, 0.29) is 11.6 Å². The van der Waals surface area contributed by atoms with Gasteiger partial charge in [0.1, 0.15) is 17.3 Å². The molecule has 1 atom stereocenters. The normalized spacial score (nSPS) is 16.7. The van der Waals surface area contributed by atoms with E-state index in [0.717, 1.165) is 5.56 Å². The number of hydrogen-bond acceptors (Lipinski definition) is 3. The lowest BCUT2D eigenvalue weighted by Crippen LogP contribution is -2.23. The van der Waals surface area contributed by atoms with Crippen LogP contribution in [0.1, 0.15) is 15.9 Å². The first kappa shape index (κ1) is 12.7. The Morgan fingerprint density at radius 3 is 2.65 bits per heavy atom. The van der Waals surface area contributed by atoms with Crippen molar-refractivity contribution in [1.82, 2.24) is 0 Å². The fourth-order valence-electron chi connectivity index (χ4n) is 2.28. The topological polar surface area (TPSA) is 35.5 Å². The van der Waals surface area contributed by atoms with Crippen LogP contribution in [-0.4, -0.2) is 19.0 Å². The van der Waals surface area contributed by atoms with Crippen molar-refractivity contribution in [1.29, 1.82) is 0 Å². The van der Waals surface area contributed by atoms with Gasteiger partial charge in [0.15, 0.2) is 6.10 Å². The molecule has 0 radical (unpaired) electrons. The van der Waals surface area contributed by atoms with E-state index >= 15 is 0 Å². The minimum atomic E-state index is -0.553. The average Bonchev–Trinajstić information content (AvgIpc) is 2.77. The van der Waals surface area contributed by atoms with E-state index in [1.807, 2.05) is 0 Å². The lowest BCUT2D eigenvalue weighted by molar-refractivity contribution is 0.0857. The summed E-state index contributed by atoms with van der Waals surface area (Å²) in [7, 11) is 1.56. The summed E-state index contributed by atoms with van der Waals surface area (Å²) in [6.07, 6.45) is -0.126. The number of ketones is 1. The Labute approximate surface area is 115 Å². The van der Waals surface area contributed by atoms with Gasteiger partial charge in [0.25, 0.3) is 0 Å². The van der Waals surface area contributed by atoms with Crippen molar-refractivity contribution >= 4 is 5.78 Å². The van der Waals surface area contributed by atoms with Crippen LogP contribution in [0.3, 0.4) is 0 Å². The molecular formula is C16H13FO3. The molecule has 0 N–H and O–H groups in total. The van der Waals surface area contributed by atoms with Gasteiger partial charge in [-0.1, -0.05) is 12.1 Å². The van der Waals surface area contributed by atoms with Gasteiger partial charge in [-0.15, -0.1) is 0 Å². The van der Waals surface area contributed by atoms with Crippen molar-refractivity contribution in [3.05, 3.63) is 59.4 Å². The van der Waals surface area contributed by atoms with Gasteiger partial charge in [0, 0.05) is 12.5 Å². The fraction of sp³-hybridized carbons (Fsp3) is 0.188. The Balaban J connectivity index is 1.81. The molecule has 20 heavy (non-hydrogen) atoms. The molecule has 4 heteroatoms. The zero-order valence-corrected chi connectivity index (χ0v) is 10.9. The number of carbonyl (C=O) groups excluding carboxylic acids is 1. The number of methoxy groups -OCH3 is 1. The molecule has 0 amide bonds. The Hall–Kier alpha value is -2.36. The van der Waals surface area contributed by atoms with Crippen molar-refractivity contribution in [2.75, 3.05) is 7.11 Å². The molecule has 0 fully saturated rings. The molecule has 0 aliphatic carbocycles. The molecule has 1 unspecified atom stereocenters. The second kappa shape index (κ2) is 4.96. The van der Waals surface area contributed by atoms with Crippen molar-refractivity contribution in [3.63, 3.8) is 0 Å². The molecule has 2 aromatic rings. The highest BCUT2D eigenvalue weighted by molar-refractivity contribution is 6.04. The standard InChI is InChI=1S/C16H13FO3/c1-19-12-6-7-13-14(9-12)20-15(16(13)18)8-10-2-4-11(17)5-3-10/h2-7,9,15H,8H2,1H3. The molecule has 3 rings (SSSR count). The average molecular weight is 272 g/mol. The van der Waals surface area contributed by atoms with E-state index in [4.69, 9.17) is 9.47 Å². The zero-order valence-electron chi connectivity index (χ0n) is 10.9. The van der Waals surface area contributed by atoms with E-state index in [1.54, 1.807) is 37.4 Å². The van der Waals surface area contributed by atoms with Gasteiger partial charge in [0.2, 0.25) is 5.78 Å². The third-order valence-corrected chi connectivity index (χ3v) is 3.35. The molecular weight excluding hydrogens is 259 g/mol. The molecule has 1 aliphatic heterocycles. The third kappa shape index (κ3) is 2.25. The highest BCUT2D eigenvalue weighted by Crippen LogP contribution is 2.33. The van der Waals surface area contributed by atoms with E-state index in [2.05, 4.69) is 0 Å². The summed E-state index contributed by atoms with van der Waals surface area (Å²) in [6, 6.07) is 11.2.